The Morgan fingerprint density at radius 2 is 1.95 bits per heavy atom. The highest BCUT2D eigenvalue weighted by molar-refractivity contribution is 5.91. The van der Waals surface area contributed by atoms with Gasteiger partial charge in [0.05, 0.1) is 7.11 Å². The van der Waals surface area contributed by atoms with Crippen molar-refractivity contribution in [2.24, 2.45) is 0 Å². The zero-order chi connectivity index (χ0) is 14.2. The Kier molecular flexibility index (Phi) is 4.95. The van der Waals surface area contributed by atoms with Crippen molar-refractivity contribution in [2.75, 3.05) is 7.11 Å². The summed E-state index contributed by atoms with van der Waals surface area (Å²) in [5, 5.41) is 2.84. The van der Waals surface area contributed by atoms with E-state index in [0.717, 1.165) is 16.9 Å². The Labute approximate surface area is 118 Å². The molecule has 0 bridgehead atoms. The minimum absolute atomic E-state index is 0.114. The largest absolute Gasteiger partial charge is 0.497 e. The Bertz CT molecular complexity index is 591. The first-order chi connectivity index (χ1) is 9.78. The lowest BCUT2D eigenvalue weighted by Gasteiger charge is -2.02. The molecule has 1 amide bonds. The van der Waals surface area contributed by atoms with Gasteiger partial charge in [0.25, 0.3) is 0 Å². The van der Waals surface area contributed by atoms with Gasteiger partial charge in [-0.1, -0.05) is 42.5 Å². The van der Waals surface area contributed by atoms with Crippen LogP contribution in [0.25, 0.3) is 6.08 Å². The van der Waals surface area contributed by atoms with Gasteiger partial charge in [0.2, 0.25) is 5.91 Å². The summed E-state index contributed by atoms with van der Waals surface area (Å²) in [7, 11) is 1.62. The lowest BCUT2D eigenvalue weighted by molar-refractivity contribution is -0.116. The number of methoxy groups -OCH3 is 1. The average molecular weight is 267 g/mol. The van der Waals surface area contributed by atoms with Crippen LogP contribution in [-0.4, -0.2) is 13.0 Å². The summed E-state index contributed by atoms with van der Waals surface area (Å²) in [5.41, 5.74) is 2.01. The van der Waals surface area contributed by atoms with Crippen LogP contribution in [0.3, 0.4) is 0 Å². The van der Waals surface area contributed by atoms with Crippen molar-refractivity contribution >= 4 is 12.0 Å². The number of rotatable bonds is 5. The molecule has 0 aliphatic heterocycles. The van der Waals surface area contributed by atoms with Gasteiger partial charge >= 0.3 is 0 Å². The molecule has 0 saturated heterocycles. The summed E-state index contributed by atoms with van der Waals surface area (Å²) < 4.78 is 5.13. The van der Waals surface area contributed by atoms with Gasteiger partial charge in [0.1, 0.15) is 5.75 Å². The molecule has 1 N–H and O–H groups in total. The number of hydrogen-bond acceptors (Lipinski definition) is 2. The van der Waals surface area contributed by atoms with Gasteiger partial charge in [-0.2, -0.15) is 0 Å². The van der Waals surface area contributed by atoms with E-state index in [1.165, 1.54) is 6.08 Å². The molecule has 0 atom stereocenters. The lowest BCUT2D eigenvalue weighted by Crippen LogP contribution is -2.20. The van der Waals surface area contributed by atoms with Crippen molar-refractivity contribution in [3.05, 3.63) is 71.8 Å². The summed E-state index contributed by atoms with van der Waals surface area (Å²) in [6.07, 6.45) is 3.29. The topological polar surface area (TPSA) is 38.3 Å². The SMILES string of the molecule is COc1cccc(/C=C\C(=O)NCc2ccccc2)c1. The fourth-order valence-electron chi connectivity index (χ4n) is 1.76. The second kappa shape index (κ2) is 7.14. The number of ether oxygens (including phenoxy) is 1. The Morgan fingerprint density at radius 1 is 1.15 bits per heavy atom. The quantitative estimate of drug-likeness (QED) is 0.846. The third-order valence-electron chi connectivity index (χ3n) is 2.83. The molecule has 2 aromatic carbocycles. The third kappa shape index (κ3) is 4.28. The molecule has 20 heavy (non-hydrogen) atoms. The van der Waals surface area contributed by atoms with Gasteiger partial charge in [-0.15, -0.1) is 0 Å². The van der Waals surface area contributed by atoms with Crippen molar-refractivity contribution in [1.29, 1.82) is 0 Å². The maximum atomic E-state index is 11.7. The zero-order valence-electron chi connectivity index (χ0n) is 11.4. The van der Waals surface area contributed by atoms with Crippen LogP contribution in [0.5, 0.6) is 5.75 Å². The minimum atomic E-state index is -0.114. The normalized spacial score (nSPS) is 10.4. The summed E-state index contributed by atoms with van der Waals surface area (Å²) in [5.74, 6) is 0.661. The van der Waals surface area contributed by atoms with Gasteiger partial charge in [0, 0.05) is 12.6 Å². The van der Waals surface area contributed by atoms with Crippen molar-refractivity contribution in [3.8, 4) is 5.75 Å². The predicted molar refractivity (Wildman–Crippen MR) is 80.3 cm³/mol. The van der Waals surface area contributed by atoms with Crippen LogP contribution in [0.4, 0.5) is 0 Å². The first-order valence-corrected chi connectivity index (χ1v) is 6.42. The maximum Gasteiger partial charge on any atom is 0.244 e. The van der Waals surface area contributed by atoms with E-state index in [0.29, 0.717) is 6.54 Å². The average Bonchev–Trinajstić information content (AvgIpc) is 2.52. The number of hydrogen-bond donors (Lipinski definition) is 1. The zero-order valence-corrected chi connectivity index (χ0v) is 11.4. The van der Waals surface area contributed by atoms with Gasteiger partial charge < -0.3 is 10.1 Å². The molecule has 3 heteroatoms. The molecule has 3 nitrogen and oxygen atoms in total. The molecule has 0 radical (unpaired) electrons. The van der Waals surface area contributed by atoms with Gasteiger partial charge in [-0.05, 0) is 29.3 Å². The molecule has 2 aromatic rings. The molecule has 0 aliphatic rings. The van der Waals surface area contributed by atoms with E-state index in [2.05, 4.69) is 5.32 Å². The van der Waals surface area contributed by atoms with E-state index >= 15 is 0 Å². The molecular formula is C17H17NO2. The molecule has 0 heterocycles. The highest BCUT2D eigenvalue weighted by atomic mass is 16.5. The summed E-state index contributed by atoms with van der Waals surface area (Å²) in [4.78, 5) is 11.7. The molecule has 2 rings (SSSR count). The molecule has 0 aromatic heterocycles. The highest BCUT2D eigenvalue weighted by Crippen LogP contribution is 2.13. The molecular weight excluding hydrogens is 250 g/mol. The fourth-order valence-corrected chi connectivity index (χ4v) is 1.76. The molecule has 0 fully saturated rings. The number of amides is 1. The van der Waals surface area contributed by atoms with Crippen LogP contribution in [0.2, 0.25) is 0 Å². The third-order valence-corrected chi connectivity index (χ3v) is 2.83. The second-order valence-corrected chi connectivity index (χ2v) is 4.31. The summed E-state index contributed by atoms with van der Waals surface area (Å²) >= 11 is 0. The van der Waals surface area contributed by atoms with Crippen LogP contribution in [0.15, 0.2) is 60.7 Å². The second-order valence-electron chi connectivity index (χ2n) is 4.31. The first kappa shape index (κ1) is 13.9. The molecule has 0 unspecified atom stereocenters. The van der Waals surface area contributed by atoms with Crippen molar-refractivity contribution in [2.45, 2.75) is 6.54 Å². The Balaban J connectivity index is 1.89. The number of carbonyl (C=O) groups is 1. The molecule has 0 spiro atoms. The van der Waals surface area contributed by atoms with Crippen LogP contribution < -0.4 is 10.1 Å². The van der Waals surface area contributed by atoms with E-state index in [1.54, 1.807) is 13.2 Å². The molecule has 102 valence electrons. The van der Waals surface area contributed by atoms with Crippen LogP contribution in [-0.2, 0) is 11.3 Å². The van der Waals surface area contributed by atoms with E-state index in [9.17, 15) is 4.79 Å². The fraction of sp³-hybridized carbons (Fsp3) is 0.118. The lowest BCUT2D eigenvalue weighted by atomic mass is 10.2. The van der Waals surface area contributed by atoms with Gasteiger partial charge in [0.15, 0.2) is 0 Å². The van der Waals surface area contributed by atoms with Crippen molar-refractivity contribution in [3.63, 3.8) is 0 Å². The number of benzene rings is 2. The Hall–Kier alpha value is -2.55. The molecule has 0 aliphatic carbocycles. The predicted octanol–water partition coefficient (Wildman–Crippen LogP) is 3.02. The summed E-state index contributed by atoms with van der Waals surface area (Å²) in [6, 6.07) is 17.4. The van der Waals surface area contributed by atoms with E-state index in [-0.39, 0.29) is 5.91 Å². The smallest absolute Gasteiger partial charge is 0.244 e. The van der Waals surface area contributed by atoms with Gasteiger partial charge in [-0.3, -0.25) is 4.79 Å². The number of carbonyl (C=O) groups excluding carboxylic acids is 1. The Morgan fingerprint density at radius 3 is 2.70 bits per heavy atom. The van der Waals surface area contributed by atoms with Crippen molar-refractivity contribution < 1.29 is 9.53 Å². The van der Waals surface area contributed by atoms with E-state index in [4.69, 9.17) is 4.74 Å². The maximum absolute atomic E-state index is 11.7. The van der Waals surface area contributed by atoms with Crippen LogP contribution in [0.1, 0.15) is 11.1 Å². The van der Waals surface area contributed by atoms with Gasteiger partial charge in [-0.25, -0.2) is 0 Å². The monoisotopic (exact) mass is 267 g/mol. The van der Waals surface area contributed by atoms with Crippen molar-refractivity contribution in [1.82, 2.24) is 5.32 Å². The number of nitrogens with one attached hydrogen (secondary N) is 1. The minimum Gasteiger partial charge on any atom is -0.497 e. The van der Waals surface area contributed by atoms with E-state index in [1.807, 2.05) is 54.6 Å². The van der Waals surface area contributed by atoms with Crippen LogP contribution >= 0.6 is 0 Å². The highest BCUT2D eigenvalue weighted by Gasteiger charge is 1.97. The molecule has 0 saturated carbocycles. The van der Waals surface area contributed by atoms with Crippen LogP contribution in [0, 0.1) is 0 Å². The summed E-state index contributed by atoms with van der Waals surface area (Å²) in [6.45, 7) is 0.530. The first-order valence-electron chi connectivity index (χ1n) is 6.42. The standard InChI is InChI=1S/C17H17NO2/c1-20-16-9-5-8-14(12-16)10-11-17(19)18-13-15-6-3-2-4-7-15/h2-12H,13H2,1H3,(H,18,19)/b11-10-. The van der Waals surface area contributed by atoms with E-state index < -0.39 is 0 Å².